The molecule has 2 nitrogen and oxygen atoms in total. The molecule has 2 heterocycles. The molecule has 60 valence electrons. The Kier molecular flexibility index (Phi) is 1.48. The first-order valence-corrected chi connectivity index (χ1v) is 4.31. The normalized spacial score (nSPS) is 23.3. The van der Waals surface area contributed by atoms with Gasteiger partial charge in [0, 0.05) is 18.7 Å². The van der Waals surface area contributed by atoms with Crippen LogP contribution in [0, 0.1) is 6.92 Å². The zero-order valence-corrected chi connectivity index (χ0v) is 7.17. The highest BCUT2D eigenvalue weighted by Gasteiger charge is 2.17. The lowest BCUT2D eigenvalue weighted by molar-refractivity contribution is 0.463. The smallest absolute Gasteiger partial charge is 0.111 e. The SMILES string of the molecule is Cc1cn2c(n1)C(C)CCC2. The summed E-state index contributed by atoms with van der Waals surface area (Å²) in [6, 6.07) is 0. The highest BCUT2D eigenvalue weighted by Crippen LogP contribution is 2.25. The maximum Gasteiger partial charge on any atom is 0.111 e. The summed E-state index contributed by atoms with van der Waals surface area (Å²) in [5.74, 6) is 1.95. The summed E-state index contributed by atoms with van der Waals surface area (Å²) in [5.41, 5.74) is 1.16. The number of aromatic nitrogens is 2. The van der Waals surface area contributed by atoms with Crippen molar-refractivity contribution in [2.45, 2.75) is 39.2 Å². The number of imidazole rings is 1. The number of hydrogen-bond donors (Lipinski definition) is 0. The van der Waals surface area contributed by atoms with Crippen molar-refractivity contribution < 1.29 is 0 Å². The number of nitrogens with zero attached hydrogens (tertiary/aromatic N) is 2. The maximum absolute atomic E-state index is 4.50. The van der Waals surface area contributed by atoms with Gasteiger partial charge in [-0.3, -0.25) is 0 Å². The summed E-state index contributed by atoms with van der Waals surface area (Å²) in [5, 5.41) is 0. The van der Waals surface area contributed by atoms with Crippen LogP contribution in [-0.4, -0.2) is 9.55 Å². The molecule has 1 aliphatic rings. The van der Waals surface area contributed by atoms with E-state index in [1.807, 2.05) is 0 Å². The van der Waals surface area contributed by atoms with Gasteiger partial charge in [-0.25, -0.2) is 4.98 Å². The lowest BCUT2D eigenvalue weighted by Crippen LogP contribution is -2.12. The van der Waals surface area contributed by atoms with Gasteiger partial charge in [0.05, 0.1) is 5.69 Å². The Morgan fingerprint density at radius 2 is 2.45 bits per heavy atom. The van der Waals surface area contributed by atoms with Crippen LogP contribution in [0.15, 0.2) is 6.20 Å². The number of hydrogen-bond acceptors (Lipinski definition) is 1. The second-order valence-electron chi connectivity index (χ2n) is 3.48. The summed E-state index contributed by atoms with van der Waals surface area (Å²) in [6.07, 6.45) is 4.77. The summed E-state index contributed by atoms with van der Waals surface area (Å²) >= 11 is 0. The van der Waals surface area contributed by atoms with Gasteiger partial charge in [0.2, 0.25) is 0 Å². The Bertz CT molecular complexity index is 263. The minimum absolute atomic E-state index is 0.664. The van der Waals surface area contributed by atoms with Crippen molar-refractivity contribution in [3.05, 3.63) is 17.7 Å². The summed E-state index contributed by atoms with van der Waals surface area (Å²) in [6.45, 7) is 5.50. The number of rotatable bonds is 0. The van der Waals surface area contributed by atoms with E-state index >= 15 is 0 Å². The van der Waals surface area contributed by atoms with Crippen molar-refractivity contribution in [1.82, 2.24) is 9.55 Å². The minimum atomic E-state index is 0.664. The predicted octanol–water partition coefficient (Wildman–Crippen LogP) is 2.09. The van der Waals surface area contributed by atoms with Crippen LogP contribution in [0.4, 0.5) is 0 Å². The Hall–Kier alpha value is -0.790. The average Bonchev–Trinajstić information content (AvgIpc) is 2.31. The third-order valence-corrected chi connectivity index (χ3v) is 2.40. The van der Waals surface area contributed by atoms with Gasteiger partial charge in [0.25, 0.3) is 0 Å². The molecule has 0 spiro atoms. The van der Waals surface area contributed by atoms with E-state index in [9.17, 15) is 0 Å². The molecule has 1 atom stereocenters. The average molecular weight is 150 g/mol. The van der Waals surface area contributed by atoms with Gasteiger partial charge in [-0.2, -0.15) is 0 Å². The molecule has 1 unspecified atom stereocenters. The molecule has 0 saturated carbocycles. The highest BCUT2D eigenvalue weighted by molar-refractivity contribution is 5.07. The van der Waals surface area contributed by atoms with Crippen molar-refractivity contribution in [3.8, 4) is 0 Å². The molecule has 11 heavy (non-hydrogen) atoms. The van der Waals surface area contributed by atoms with Crippen LogP contribution in [0.5, 0.6) is 0 Å². The van der Waals surface area contributed by atoms with Crippen LogP contribution in [0.3, 0.4) is 0 Å². The molecule has 1 aromatic heterocycles. The van der Waals surface area contributed by atoms with Crippen LogP contribution in [0.2, 0.25) is 0 Å². The molecule has 1 aliphatic heterocycles. The van der Waals surface area contributed by atoms with Crippen molar-refractivity contribution in [2.24, 2.45) is 0 Å². The van der Waals surface area contributed by atoms with Crippen molar-refractivity contribution >= 4 is 0 Å². The van der Waals surface area contributed by atoms with Crippen LogP contribution < -0.4 is 0 Å². The van der Waals surface area contributed by atoms with Gasteiger partial charge in [-0.05, 0) is 19.8 Å². The van der Waals surface area contributed by atoms with E-state index in [2.05, 4.69) is 29.6 Å². The Labute approximate surface area is 67.3 Å². The Morgan fingerprint density at radius 3 is 3.18 bits per heavy atom. The molecular formula is C9H14N2. The molecule has 0 aliphatic carbocycles. The number of aryl methyl sites for hydroxylation is 2. The molecule has 0 bridgehead atoms. The summed E-state index contributed by atoms with van der Waals surface area (Å²) < 4.78 is 2.30. The van der Waals surface area contributed by atoms with E-state index < -0.39 is 0 Å². The molecule has 2 rings (SSSR count). The fourth-order valence-electron chi connectivity index (χ4n) is 1.83. The van der Waals surface area contributed by atoms with E-state index in [4.69, 9.17) is 0 Å². The largest absolute Gasteiger partial charge is 0.334 e. The highest BCUT2D eigenvalue weighted by atomic mass is 15.1. The molecule has 0 aromatic carbocycles. The molecule has 0 fully saturated rings. The fraction of sp³-hybridized carbons (Fsp3) is 0.667. The standard InChI is InChI=1S/C9H14N2/c1-7-4-3-5-11-6-8(2)10-9(7)11/h6-7H,3-5H2,1-2H3. The second kappa shape index (κ2) is 2.36. The van der Waals surface area contributed by atoms with E-state index in [0.717, 1.165) is 5.69 Å². The van der Waals surface area contributed by atoms with Gasteiger partial charge in [-0.15, -0.1) is 0 Å². The molecule has 0 radical (unpaired) electrons. The predicted molar refractivity (Wildman–Crippen MR) is 44.6 cm³/mol. The van der Waals surface area contributed by atoms with E-state index in [1.54, 1.807) is 0 Å². The molecule has 1 aromatic rings. The van der Waals surface area contributed by atoms with Crippen LogP contribution in [0.25, 0.3) is 0 Å². The van der Waals surface area contributed by atoms with Gasteiger partial charge in [0.1, 0.15) is 5.82 Å². The van der Waals surface area contributed by atoms with Gasteiger partial charge in [0.15, 0.2) is 0 Å². The molecule has 2 heteroatoms. The third kappa shape index (κ3) is 1.06. The third-order valence-electron chi connectivity index (χ3n) is 2.40. The van der Waals surface area contributed by atoms with Gasteiger partial charge < -0.3 is 4.57 Å². The van der Waals surface area contributed by atoms with Crippen LogP contribution in [0.1, 0.15) is 37.2 Å². The Morgan fingerprint density at radius 1 is 1.64 bits per heavy atom. The molecular weight excluding hydrogens is 136 g/mol. The first-order valence-electron chi connectivity index (χ1n) is 4.31. The number of fused-ring (bicyclic) bond motifs is 1. The van der Waals surface area contributed by atoms with E-state index in [1.165, 1.54) is 25.2 Å². The second-order valence-corrected chi connectivity index (χ2v) is 3.48. The molecule has 0 saturated heterocycles. The van der Waals surface area contributed by atoms with Crippen LogP contribution in [-0.2, 0) is 6.54 Å². The lowest BCUT2D eigenvalue weighted by atomic mass is 10.0. The summed E-state index contributed by atoms with van der Waals surface area (Å²) in [4.78, 5) is 4.50. The van der Waals surface area contributed by atoms with Crippen molar-refractivity contribution in [2.75, 3.05) is 0 Å². The quantitative estimate of drug-likeness (QED) is 0.553. The zero-order chi connectivity index (χ0) is 7.84. The maximum atomic E-state index is 4.50. The first-order chi connectivity index (χ1) is 5.27. The van der Waals surface area contributed by atoms with Crippen molar-refractivity contribution in [1.29, 1.82) is 0 Å². The van der Waals surface area contributed by atoms with Crippen LogP contribution >= 0.6 is 0 Å². The van der Waals surface area contributed by atoms with Gasteiger partial charge >= 0.3 is 0 Å². The van der Waals surface area contributed by atoms with E-state index in [0.29, 0.717) is 5.92 Å². The minimum Gasteiger partial charge on any atom is -0.334 e. The topological polar surface area (TPSA) is 17.8 Å². The summed E-state index contributed by atoms with van der Waals surface area (Å²) in [7, 11) is 0. The molecule has 0 N–H and O–H groups in total. The zero-order valence-electron chi connectivity index (χ0n) is 7.17. The first kappa shape index (κ1) is 6.89. The van der Waals surface area contributed by atoms with E-state index in [-0.39, 0.29) is 0 Å². The van der Waals surface area contributed by atoms with Gasteiger partial charge in [-0.1, -0.05) is 6.92 Å². The Balaban J connectivity index is 2.43. The lowest BCUT2D eigenvalue weighted by Gasteiger charge is -2.19. The van der Waals surface area contributed by atoms with Crippen molar-refractivity contribution in [3.63, 3.8) is 0 Å². The fourth-order valence-corrected chi connectivity index (χ4v) is 1.83. The molecule has 0 amide bonds. The monoisotopic (exact) mass is 150 g/mol.